The Balaban J connectivity index is 2.95. The summed E-state index contributed by atoms with van der Waals surface area (Å²) in [7, 11) is 0. The molecule has 0 radical (unpaired) electrons. The number of aromatic amines is 1. The van der Waals surface area contributed by atoms with Crippen LogP contribution in [0.2, 0.25) is 0 Å². The molecule has 0 aliphatic heterocycles. The lowest BCUT2D eigenvalue weighted by Gasteiger charge is -2.25. The molecule has 1 aromatic rings. The lowest BCUT2D eigenvalue weighted by Crippen LogP contribution is -2.57. The molecule has 15 heteroatoms. The van der Waals surface area contributed by atoms with Gasteiger partial charge < -0.3 is 36.9 Å². The number of hydrogen-bond acceptors (Lipinski definition) is 9. The summed E-state index contributed by atoms with van der Waals surface area (Å²) in [6, 6.07) is -4.50. The lowest BCUT2D eigenvalue weighted by atomic mass is 10.1. The molecule has 1 aromatic heterocycles. The minimum atomic E-state index is -1.27. The molecule has 0 aliphatic rings. The Morgan fingerprint density at radius 3 is 2.00 bits per heavy atom. The van der Waals surface area contributed by atoms with E-state index in [9.17, 15) is 29.1 Å². The van der Waals surface area contributed by atoms with Crippen molar-refractivity contribution < 1.29 is 34.2 Å². The van der Waals surface area contributed by atoms with E-state index in [2.05, 4.69) is 25.9 Å². The van der Waals surface area contributed by atoms with Crippen molar-refractivity contribution in [1.29, 1.82) is 0 Å². The van der Waals surface area contributed by atoms with Gasteiger partial charge in [-0.25, -0.2) is 9.78 Å². The highest BCUT2D eigenvalue weighted by Crippen LogP contribution is 2.07. The fourth-order valence-electron chi connectivity index (χ4n) is 3.06. The van der Waals surface area contributed by atoms with E-state index in [1.165, 1.54) is 36.0 Å². The molecule has 202 valence electrons. The number of H-pyrrole nitrogens is 1. The van der Waals surface area contributed by atoms with Crippen LogP contribution in [-0.2, 0) is 30.4 Å². The van der Waals surface area contributed by atoms with Crippen LogP contribution < -0.4 is 21.7 Å². The highest BCUT2D eigenvalue weighted by molar-refractivity contribution is 7.98. The molecule has 0 fully saturated rings. The van der Waals surface area contributed by atoms with Crippen LogP contribution in [0.25, 0.3) is 0 Å². The molecular formula is C21H34N6O7S2. The summed E-state index contributed by atoms with van der Waals surface area (Å²) in [5.74, 6) is -3.41. The topological polar surface area (TPSA) is 217 Å². The van der Waals surface area contributed by atoms with Gasteiger partial charge in [-0.05, 0) is 43.3 Å². The monoisotopic (exact) mass is 546 g/mol. The van der Waals surface area contributed by atoms with Crippen LogP contribution in [0.5, 0.6) is 0 Å². The predicted octanol–water partition coefficient (Wildman–Crippen LogP) is -0.810. The summed E-state index contributed by atoms with van der Waals surface area (Å²) < 4.78 is 0. The second-order valence-electron chi connectivity index (χ2n) is 7.90. The van der Waals surface area contributed by atoms with E-state index < -0.39 is 60.2 Å². The number of thioether (sulfide) groups is 2. The first-order valence-electron chi connectivity index (χ1n) is 11.1. The smallest absolute Gasteiger partial charge is 0.326 e. The number of carboxylic acids is 2. The van der Waals surface area contributed by atoms with Gasteiger partial charge in [0.2, 0.25) is 17.7 Å². The Bertz CT molecular complexity index is 871. The molecule has 0 spiro atoms. The molecule has 1 heterocycles. The number of amides is 3. The normalized spacial score (nSPS) is 14.2. The number of nitrogens with two attached hydrogens (primary N) is 1. The Morgan fingerprint density at radius 1 is 0.917 bits per heavy atom. The van der Waals surface area contributed by atoms with Crippen molar-refractivity contribution in [3.05, 3.63) is 18.2 Å². The maximum Gasteiger partial charge on any atom is 0.326 e. The molecule has 0 saturated carbocycles. The standard InChI is InChI=1S/C21H34N6O7S2/c1-35-7-5-13(22)18(30)25-14(3-4-17(28)29)19(31)26-15(6-8-36-2)20(32)27-16(21(33)34)9-12-10-23-11-24-12/h10-11,13-16H,3-9,22H2,1-2H3,(H,23,24)(H,25,30)(H,26,31)(H,27,32)(H,28,29)(H,33,34). The Kier molecular flexibility index (Phi) is 14.6. The van der Waals surface area contributed by atoms with Crippen molar-refractivity contribution in [3.63, 3.8) is 0 Å². The van der Waals surface area contributed by atoms with Gasteiger partial charge in [-0.2, -0.15) is 23.5 Å². The molecule has 4 atom stereocenters. The molecule has 0 saturated heterocycles. The SMILES string of the molecule is CSCCC(N)C(=O)NC(CCC(=O)O)C(=O)NC(CCSC)C(=O)NC(Cc1cnc[nH]1)C(=O)O. The van der Waals surface area contributed by atoms with E-state index in [-0.39, 0.29) is 19.3 Å². The zero-order chi connectivity index (χ0) is 27.1. The number of nitrogens with zero attached hydrogens (tertiary/aromatic N) is 1. The highest BCUT2D eigenvalue weighted by atomic mass is 32.2. The fraction of sp³-hybridized carbons (Fsp3) is 0.619. The van der Waals surface area contributed by atoms with E-state index in [4.69, 9.17) is 10.8 Å². The van der Waals surface area contributed by atoms with Crippen molar-refractivity contribution in [2.45, 2.75) is 56.3 Å². The van der Waals surface area contributed by atoms with Gasteiger partial charge in [0.05, 0.1) is 12.4 Å². The summed E-state index contributed by atoms with van der Waals surface area (Å²) in [6.07, 6.45) is 6.38. The molecule has 0 aromatic carbocycles. The van der Waals surface area contributed by atoms with Crippen molar-refractivity contribution >= 4 is 53.2 Å². The van der Waals surface area contributed by atoms with Crippen LogP contribution in [0.15, 0.2) is 12.5 Å². The number of carbonyl (C=O) groups is 5. The largest absolute Gasteiger partial charge is 0.481 e. The summed E-state index contributed by atoms with van der Waals surface area (Å²) in [4.78, 5) is 67.7. The number of rotatable bonds is 18. The van der Waals surface area contributed by atoms with E-state index in [1.54, 1.807) is 6.26 Å². The van der Waals surface area contributed by atoms with Crippen LogP contribution in [0.3, 0.4) is 0 Å². The molecule has 36 heavy (non-hydrogen) atoms. The summed E-state index contributed by atoms with van der Waals surface area (Å²) in [5.41, 5.74) is 6.36. The van der Waals surface area contributed by atoms with Crippen LogP contribution in [0.4, 0.5) is 0 Å². The summed E-state index contributed by atoms with van der Waals surface area (Å²) in [6.45, 7) is 0. The molecule has 1 rings (SSSR count). The number of aliphatic carboxylic acids is 2. The van der Waals surface area contributed by atoms with Gasteiger partial charge in [0.25, 0.3) is 0 Å². The Labute approximate surface area is 217 Å². The van der Waals surface area contributed by atoms with E-state index in [1.807, 2.05) is 6.26 Å². The minimum Gasteiger partial charge on any atom is -0.481 e. The maximum absolute atomic E-state index is 13.0. The summed E-state index contributed by atoms with van der Waals surface area (Å²) in [5, 5.41) is 26.0. The first-order valence-corrected chi connectivity index (χ1v) is 13.9. The van der Waals surface area contributed by atoms with Gasteiger partial charge in [-0.1, -0.05) is 0 Å². The highest BCUT2D eigenvalue weighted by Gasteiger charge is 2.30. The van der Waals surface area contributed by atoms with Crippen LogP contribution >= 0.6 is 23.5 Å². The average Bonchev–Trinajstić information content (AvgIpc) is 3.34. The van der Waals surface area contributed by atoms with Crippen LogP contribution in [-0.4, -0.2) is 98.0 Å². The third-order valence-corrected chi connectivity index (χ3v) is 6.37. The summed E-state index contributed by atoms with van der Waals surface area (Å²) >= 11 is 2.92. The third kappa shape index (κ3) is 11.8. The molecule has 4 unspecified atom stereocenters. The first kappa shape index (κ1) is 31.3. The third-order valence-electron chi connectivity index (χ3n) is 5.09. The number of nitrogens with one attached hydrogen (secondary N) is 4. The maximum atomic E-state index is 13.0. The van der Waals surface area contributed by atoms with Gasteiger partial charge >= 0.3 is 11.9 Å². The number of carbonyl (C=O) groups excluding carboxylic acids is 3. The van der Waals surface area contributed by atoms with Gasteiger partial charge in [0.1, 0.15) is 18.1 Å². The minimum absolute atomic E-state index is 0.0461. The van der Waals surface area contributed by atoms with Crippen molar-refractivity contribution in [1.82, 2.24) is 25.9 Å². The number of carboxylic acid groups (broad SMARTS) is 2. The van der Waals surface area contributed by atoms with E-state index in [0.29, 0.717) is 23.6 Å². The molecule has 13 nitrogen and oxygen atoms in total. The lowest BCUT2D eigenvalue weighted by molar-refractivity contribution is -0.142. The van der Waals surface area contributed by atoms with Gasteiger partial charge in [0, 0.05) is 24.7 Å². The zero-order valence-electron chi connectivity index (χ0n) is 20.2. The van der Waals surface area contributed by atoms with Gasteiger partial charge in [-0.3, -0.25) is 19.2 Å². The van der Waals surface area contributed by atoms with Crippen molar-refractivity contribution in [2.75, 3.05) is 24.0 Å². The van der Waals surface area contributed by atoms with Gasteiger partial charge in [-0.15, -0.1) is 0 Å². The molecule has 8 N–H and O–H groups in total. The second kappa shape index (κ2) is 16.8. The van der Waals surface area contributed by atoms with Crippen molar-refractivity contribution in [2.24, 2.45) is 5.73 Å². The second-order valence-corrected chi connectivity index (χ2v) is 9.88. The Morgan fingerprint density at radius 2 is 1.47 bits per heavy atom. The molecule has 0 bridgehead atoms. The van der Waals surface area contributed by atoms with E-state index >= 15 is 0 Å². The average molecular weight is 547 g/mol. The first-order chi connectivity index (χ1) is 17.1. The van der Waals surface area contributed by atoms with Gasteiger partial charge in [0.15, 0.2) is 0 Å². The Hall–Kier alpha value is -2.78. The van der Waals surface area contributed by atoms with Crippen LogP contribution in [0.1, 0.15) is 31.4 Å². The molecule has 3 amide bonds. The number of imidazole rings is 1. The fourth-order valence-corrected chi connectivity index (χ4v) is 4.02. The van der Waals surface area contributed by atoms with Crippen LogP contribution in [0, 0.1) is 0 Å². The quantitative estimate of drug-likeness (QED) is 0.121. The zero-order valence-corrected chi connectivity index (χ0v) is 21.8. The number of hydrogen-bond donors (Lipinski definition) is 7. The predicted molar refractivity (Wildman–Crippen MR) is 137 cm³/mol. The molecule has 0 aliphatic carbocycles. The number of aromatic nitrogens is 2. The van der Waals surface area contributed by atoms with E-state index in [0.717, 1.165) is 0 Å². The molecular weight excluding hydrogens is 512 g/mol. The van der Waals surface area contributed by atoms with Crippen molar-refractivity contribution in [3.8, 4) is 0 Å².